The third-order valence-corrected chi connectivity index (χ3v) is 4.16. The van der Waals surface area contributed by atoms with Crippen molar-refractivity contribution < 1.29 is 19.4 Å². The first kappa shape index (κ1) is 17.3. The van der Waals surface area contributed by atoms with Crippen molar-refractivity contribution in [2.24, 2.45) is 5.10 Å². The van der Waals surface area contributed by atoms with Crippen LogP contribution in [0.2, 0.25) is 0 Å². The molecule has 6 nitrogen and oxygen atoms in total. The maximum Gasteiger partial charge on any atom is 0.240 e. The first-order valence-electron chi connectivity index (χ1n) is 7.83. The lowest BCUT2D eigenvalue weighted by Gasteiger charge is -2.20. The van der Waals surface area contributed by atoms with Crippen molar-refractivity contribution in [1.29, 1.82) is 0 Å². The normalized spacial score (nSPS) is 16.5. The predicted molar refractivity (Wildman–Crippen MR) is 87.9 cm³/mol. The lowest BCUT2D eigenvalue weighted by molar-refractivity contribution is -0.122. The Balaban J connectivity index is 1.82. The Morgan fingerprint density at radius 1 is 1.30 bits per heavy atom. The molecule has 1 aliphatic carbocycles. The van der Waals surface area contributed by atoms with Gasteiger partial charge < -0.3 is 14.6 Å². The van der Waals surface area contributed by atoms with Gasteiger partial charge in [-0.3, -0.25) is 4.79 Å². The van der Waals surface area contributed by atoms with E-state index in [1.54, 1.807) is 32.6 Å². The average molecular weight is 320 g/mol. The summed E-state index contributed by atoms with van der Waals surface area (Å²) in [6.45, 7) is 0. The lowest BCUT2D eigenvalue weighted by Crippen LogP contribution is -2.27. The number of hydrazone groups is 1. The van der Waals surface area contributed by atoms with E-state index in [0.29, 0.717) is 17.9 Å². The zero-order valence-corrected chi connectivity index (χ0v) is 13.7. The van der Waals surface area contributed by atoms with E-state index in [4.69, 9.17) is 9.47 Å². The van der Waals surface area contributed by atoms with Gasteiger partial charge >= 0.3 is 0 Å². The van der Waals surface area contributed by atoms with E-state index in [-0.39, 0.29) is 12.3 Å². The van der Waals surface area contributed by atoms with Crippen molar-refractivity contribution in [3.8, 4) is 11.5 Å². The SMILES string of the molecule is COc1ccc(/C=N/NC(=O)CCC2(O)CCCC2)cc1OC. The second kappa shape index (κ2) is 7.97. The molecule has 0 aliphatic heterocycles. The van der Waals surface area contributed by atoms with Gasteiger partial charge in [-0.1, -0.05) is 12.8 Å². The molecule has 0 saturated heterocycles. The fourth-order valence-corrected chi connectivity index (χ4v) is 2.80. The van der Waals surface area contributed by atoms with Crippen LogP contribution in [0.25, 0.3) is 0 Å². The molecule has 0 heterocycles. The summed E-state index contributed by atoms with van der Waals surface area (Å²) in [5, 5.41) is 14.1. The summed E-state index contributed by atoms with van der Waals surface area (Å²) in [6, 6.07) is 5.37. The number of rotatable bonds is 7. The van der Waals surface area contributed by atoms with E-state index in [2.05, 4.69) is 10.5 Å². The summed E-state index contributed by atoms with van der Waals surface area (Å²) in [4.78, 5) is 11.8. The first-order chi connectivity index (χ1) is 11.1. The van der Waals surface area contributed by atoms with Gasteiger partial charge in [-0.05, 0) is 43.0 Å². The summed E-state index contributed by atoms with van der Waals surface area (Å²) >= 11 is 0. The molecule has 0 spiro atoms. The number of nitrogens with zero attached hydrogens (tertiary/aromatic N) is 1. The third kappa shape index (κ3) is 4.96. The second-order valence-corrected chi connectivity index (χ2v) is 5.84. The molecule has 0 aromatic heterocycles. The number of nitrogens with one attached hydrogen (secondary N) is 1. The molecule has 0 bridgehead atoms. The first-order valence-corrected chi connectivity index (χ1v) is 7.83. The maximum absolute atomic E-state index is 11.8. The van der Waals surface area contributed by atoms with Crippen molar-refractivity contribution >= 4 is 12.1 Å². The summed E-state index contributed by atoms with van der Waals surface area (Å²) in [7, 11) is 3.14. The van der Waals surface area contributed by atoms with Gasteiger partial charge in [0.1, 0.15) is 0 Å². The van der Waals surface area contributed by atoms with Crippen LogP contribution in [0.15, 0.2) is 23.3 Å². The molecule has 0 unspecified atom stereocenters. The topological polar surface area (TPSA) is 80.2 Å². The van der Waals surface area contributed by atoms with Gasteiger partial charge in [0.15, 0.2) is 11.5 Å². The Morgan fingerprint density at radius 2 is 2.00 bits per heavy atom. The van der Waals surface area contributed by atoms with Crippen molar-refractivity contribution in [3.63, 3.8) is 0 Å². The fraction of sp³-hybridized carbons (Fsp3) is 0.529. The van der Waals surface area contributed by atoms with Gasteiger partial charge in [0.25, 0.3) is 0 Å². The number of aliphatic hydroxyl groups is 1. The predicted octanol–water partition coefficient (Wildman–Crippen LogP) is 2.24. The molecule has 1 aromatic rings. The van der Waals surface area contributed by atoms with E-state index < -0.39 is 5.60 Å². The highest BCUT2D eigenvalue weighted by atomic mass is 16.5. The van der Waals surface area contributed by atoms with Crippen LogP contribution in [0, 0.1) is 0 Å². The molecular formula is C17H24N2O4. The van der Waals surface area contributed by atoms with Crippen LogP contribution in [-0.4, -0.2) is 37.0 Å². The van der Waals surface area contributed by atoms with Gasteiger partial charge in [0.2, 0.25) is 5.91 Å². The molecule has 1 saturated carbocycles. The second-order valence-electron chi connectivity index (χ2n) is 5.84. The van der Waals surface area contributed by atoms with E-state index in [9.17, 15) is 9.90 Å². The van der Waals surface area contributed by atoms with Crippen LogP contribution < -0.4 is 14.9 Å². The Morgan fingerprint density at radius 3 is 2.65 bits per heavy atom. The Kier molecular flexibility index (Phi) is 5.98. The Hall–Kier alpha value is -2.08. The lowest BCUT2D eigenvalue weighted by atomic mass is 9.96. The molecule has 126 valence electrons. The highest BCUT2D eigenvalue weighted by Crippen LogP contribution is 2.33. The van der Waals surface area contributed by atoms with Gasteiger partial charge in [0.05, 0.1) is 26.0 Å². The molecule has 6 heteroatoms. The third-order valence-electron chi connectivity index (χ3n) is 4.16. The number of hydrogen-bond donors (Lipinski definition) is 2. The zero-order valence-electron chi connectivity index (χ0n) is 13.7. The van der Waals surface area contributed by atoms with E-state index >= 15 is 0 Å². The van der Waals surface area contributed by atoms with Crippen LogP contribution in [0.1, 0.15) is 44.1 Å². The minimum absolute atomic E-state index is 0.193. The molecule has 2 N–H and O–H groups in total. The highest BCUT2D eigenvalue weighted by molar-refractivity contribution is 5.83. The van der Waals surface area contributed by atoms with E-state index in [0.717, 1.165) is 31.2 Å². The van der Waals surface area contributed by atoms with Gasteiger partial charge in [0, 0.05) is 6.42 Å². The smallest absolute Gasteiger partial charge is 0.240 e. The summed E-state index contributed by atoms with van der Waals surface area (Å²) in [5.74, 6) is 1.05. The number of hydrogen-bond acceptors (Lipinski definition) is 5. The summed E-state index contributed by atoms with van der Waals surface area (Å²) in [6.07, 6.45) is 5.96. The monoisotopic (exact) mass is 320 g/mol. The molecule has 0 atom stereocenters. The molecule has 1 fully saturated rings. The molecule has 0 radical (unpaired) electrons. The van der Waals surface area contributed by atoms with E-state index in [1.165, 1.54) is 0 Å². The summed E-state index contributed by atoms with van der Waals surface area (Å²) < 4.78 is 10.4. The van der Waals surface area contributed by atoms with Crippen molar-refractivity contribution in [2.45, 2.75) is 44.1 Å². The average Bonchev–Trinajstić information content (AvgIpc) is 3.00. The largest absolute Gasteiger partial charge is 0.493 e. The van der Waals surface area contributed by atoms with Crippen LogP contribution in [0.3, 0.4) is 0 Å². The number of methoxy groups -OCH3 is 2. The number of benzene rings is 1. The Bertz CT molecular complexity index is 566. The number of amides is 1. The minimum atomic E-state index is -0.662. The number of carbonyl (C=O) groups is 1. The van der Waals surface area contributed by atoms with Crippen LogP contribution in [0.4, 0.5) is 0 Å². The van der Waals surface area contributed by atoms with Crippen LogP contribution >= 0.6 is 0 Å². The molecule has 2 rings (SSSR count). The standard InChI is InChI=1S/C17H24N2O4/c1-22-14-6-5-13(11-15(14)23-2)12-18-19-16(20)7-10-17(21)8-3-4-9-17/h5-6,11-12,21H,3-4,7-10H2,1-2H3,(H,19,20)/b18-12+. The number of carbonyl (C=O) groups excluding carboxylic acids is 1. The van der Waals surface area contributed by atoms with Crippen LogP contribution in [-0.2, 0) is 4.79 Å². The molecule has 1 aliphatic rings. The quantitative estimate of drug-likeness (QED) is 0.596. The van der Waals surface area contributed by atoms with Crippen molar-refractivity contribution in [1.82, 2.24) is 5.43 Å². The molecule has 23 heavy (non-hydrogen) atoms. The number of ether oxygens (including phenoxy) is 2. The zero-order chi connectivity index (χ0) is 16.7. The van der Waals surface area contributed by atoms with Gasteiger partial charge in [-0.25, -0.2) is 5.43 Å². The minimum Gasteiger partial charge on any atom is -0.493 e. The van der Waals surface area contributed by atoms with Crippen LogP contribution in [0.5, 0.6) is 11.5 Å². The van der Waals surface area contributed by atoms with Crippen molar-refractivity contribution in [2.75, 3.05) is 14.2 Å². The maximum atomic E-state index is 11.8. The molecular weight excluding hydrogens is 296 g/mol. The Labute approximate surface area is 136 Å². The van der Waals surface area contributed by atoms with Crippen molar-refractivity contribution in [3.05, 3.63) is 23.8 Å². The summed E-state index contributed by atoms with van der Waals surface area (Å²) in [5.41, 5.74) is 2.61. The molecule has 1 amide bonds. The van der Waals surface area contributed by atoms with Gasteiger partial charge in [-0.15, -0.1) is 0 Å². The highest BCUT2D eigenvalue weighted by Gasteiger charge is 2.31. The fourth-order valence-electron chi connectivity index (χ4n) is 2.80. The van der Waals surface area contributed by atoms with Gasteiger partial charge in [-0.2, -0.15) is 5.10 Å². The molecule has 1 aromatic carbocycles. The van der Waals surface area contributed by atoms with E-state index in [1.807, 2.05) is 6.07 Å².